The molecule has 0 spiro atoms. The zero-order chi connectivity index (χ0) is 17.5. The molecule has 0 aromatic heterocycles. The first-order chi connectivity index (χ1) is 12.3. The first kappa shape index (κ1) is 17.1. The fraction of sp³-hybridized carbons (Fsp3) is 0.350. The molecule has 1 aliphatic heterocycles. The third-order valence-corrected chi connectivity index (χ3v) is 4.39. The van der Waals surface area contributed by atoms with Crippen LogP contribution in [-0.4, -0.2) is 31.8 Å². The molecule has 2 amide bonds. The molecule has 0 bridgehead atoms. The molecule has 1 unspecified atom stereocenters. The molecule has 1 heterocycles. The van der Waals surface area contributed by atoms with E-state index in [0.29, 0.717) is 19.2 Å². The van der Waals surface area contributed by atoms with Gasteiger partial charge in [0.15, 0.2) is 0 Å². The van der Waals surface area contributed by atoms with E-state index in [4.69, 9.17) is 4.74 Å². The minimum absolute atomic E-state index is 0.177. The highest BCUT2D eigenvalue weighted by Gasteiger charge is 2.24. The molecule has 5 nitrogen and oxygen atoms in total. The average molecular weight is 339 g/mol. The van der Waals surface area contributed by atoms with Crippen molar-refractivity contribution in [1.29, 1.82) is 0 Å². The third kappa shape index (κ3) is 4.66. The quantitative estimate of drug-likeness (QED) is 0.840. The van der Waals surface area contributed by atoms with Crippen LogP contribution in [0.3, 0.4) is 0 Å². The summed E-state index contributed by atoms with van der Waals surface area (Å²) in [6.45, 7) is 4.25. The van der Waals surface area contributed by atoms with Gasteiger partial charge in [-0.15, -0.1) is 0 Å². The Hall–Kier alpha value is -2.69. The number of rotatable bonds is 6. The van der Waals surface area contributed by atoms with E-state index in [0.717, 1.165) is 30.8 Å². The van der Waals surface area contributed by atoms with Crippen molar-refractivity contribution < 1.29 is 9.53 Å². The average Bonchev–Trinajstić information content (AvgIpc) is 3.11. The van der Waals surface area contributed by atoms with E-state index >= 15 is 0 Å². The number of ether oxygens (including phenoxy) is 1. The molecule has 25 heavy (non-hydrogen) atoms. The molecule has 0 saturated carbocycles. The molecule has 1 aliphatic rings. The molecule has 0 aliphatic carbocycles. The van der Waals surface area contributed by atoms with Crippen molar-refractivity contribution in [3.63, 3.8) is 0 Å². The summed E-state index contributed by atoms with van der Waals surface area (Å²) in [6.07, 6.45) is 2.25. The molecule has 0 radical (unpaired) electrons. The van der Waals surface area contributed by atoms with Gasteiger partial charge in [0.2, 0.25) is 0 Å². The molecule has 132 valence electrons. The van der Waals surface area contributed by atoms with E-state index in [1.165, 1.54) is 5.69 Å². The summed E-state index contributed by atoms with van der Waals surface area (Å²) in [5.41, 5.74) is 1.98. The number of carbonyl (C=O) groups excluding carboxylic acids is 1. The first-order valence-corrected chi connectivity index (χ1v) is 8.85. The van der Waals surface area contributed by atoms with Gasteiger partial charge in [0.25, 0.3) is 0 Å². The summed E-state index contributed by atoms with van der Waals surface area (Å²) in [4.78, 5) is 14.5. The number of nitrogens with one attached hydrogen (secondary N) is 2. The van der Waals surface area contributed by atoms with Gasteiger partial charge in [-0.3, -0.25) is 0 Å². The van der Waals surface area contributed by atoms with Crippen molar-refractivity contribution in [2.75, 3.05) is 29.9 Å². The monoisotopic (exact) mass is 339 g/mol. The predicted molar refractivity (Wildman–Crippen MR) is 101 cm³/mol. The van der Waals surface area contributed by atoms with Crippen LogP contribution in [0.2, 0.25) is 0 Å². The second kappa shape index (κ2) is 8.42. The maximum absolute atomic E-state index is 12.2. The number of nitrogens with zero attached hydrogens (tertiary/aromatic N) is 1. The smallest absolute Gasteiger partial charge is 0.319 e. The van der Waals surface area contributed by atoms with Gasteiger partial charge in [-0.1, -0.05) is 18.2 Å². The van der Waals surface area contributed by atoms with Crippen LogP contribution in [0.4, 0.5) is 16.2 Å². The second-order valence-corrected chi connectivity index (χ2v) is 6.12. The van der Waals surface area contributed by atoms with Crippen LogP contribution in [0, 0.1) is 0 Å². The van der Waals surface area contributed by atoms with Crippen molar-refractivity contribution in [2.24, 2.45) is 0 Å². The van der Waals surface area contributed by atoms with Crippen molar-refractivity contribution in [1.82, 2.24) is 5.32 Å². The van der Waals surface area contributed by atoms with Gasteiger partial charge in [0.05, 0.1) is 6.61 Å². The summed E-state index contributed by atoms with van der Waals surface area (Å²) in [5, 5.41) is 5.86. The van der Waals surface area contributed by atoms with Crippen LogP contribution in [0.15, 0.2) is 54.6 Å². The Morgan fingerprint density at radius 3 is 2.64 bits per heavy atom. The van der Waals surface area contributed by atoms with Gasteiger partial charge >= 0.3 is 6.03 Å². The van der Waals surface area contributed by atoms with Gasteiger partial charge < -0.3 is 20.3 Å². The Bertz CT molecular complexity index is 673. The van der Waals surface area contributed by atoms with Gasteiger partial charge in [-0.25, -0.2) is 4.79 Å². The molecular formula is C20H25N3O2. The van der Waals surface area contributed by atoms with Crippen molar-refractivity contribution in [3.05, 3.63) is 54.6 Å². The van der Waals surface area contributed by atoms with E-state index in [-0.39, 0.29) is 6.03 Å². The van der Waals surface area contributed by atoms with Crippen LogP contribution in [0.1, 0.15) is 19.8 Å². The summed E-state index contributed by atoms with van der Waals surface area (Å²) >= 11 is 0. The minimum atomic E-state index is -0.177. The SMILES string of the molecule is CCOc1ccc(NC(=O)NCC2CCCN2c2ccccc2)cc1. The highest BCUT2D eigenvalue weighted by molar-refractivity contribution is 5.89. The Labute approximate surface area is 149 Å². The number of carbonyl (C=O) groups is 1. The van der Waals surface area contributed by atoms with Crippen molar-refractivity contribution >= 4 is 17.4 Å². The number of benzene rings is 2. The highest BCUT2D eigenvalue weighted by Crippen LogP contribution is 2.24. The highest BCUT2D eigenvalue weighted by atomic mass is 16.5. The summed E-state index contributed by atoms with van der Waals surface area (Å²) in [5.74, 6) is 0.804. The van der Waals surface area contributed by atoms with E-state index < -0.39 is 0 Å². The third-order valence-electron chi connectivity index (χ3n) is 4.39. The topological polar surface area (TPSA) is 53.6 Å². The summed E-state index contributed by atoms with van der Waals surface area (Å²) in [7, 11) is 0. The number of para-hydroxylation sites is 1. The fourth-order valence-electron chi connectivity index (χ4n) is 3.19. The second-order valence-electron chi connectivity index (χ2n) is 6.12. The molecule has 1 atom stereocenters. The number of hydrogen-bond acceptors (Lipinski definition) is 3. The summed E-state index contributed by atoms with van der Waals surface area (Å²) in [6, 6.07) is 17.9. The number of hydrogen-bond donors (Lipinski definition) is 2. The molecule has 3 rings (SSSR count). The van der Waals surface area contributed by atoms with Crippen molar-refractivity contribution in [3.8, 4) is 5.75 Å². The van der Waals surface area contributed by atoms with E-state index in [9.17, 15) is 4.79 Å². The van der Waals surface area contributed by atoms with E-state index in [2.05, 4.69) is 39.8 Å². The Morgan fingerprint density at radius 2 is 1.92 bits per heavy atom. The minimum Gasteiger partial charge on any atom is -0.494 e. The Kier molecular flexibility index (Phi) is 5.77. The normalized spacial score (nSPS) is 16.5. The summed E-state index contributed by atoms with van der Waals surface area (Å²) < 4.78 is 5.40. The van der Waals surface area contributed by atoms with Crippen LogP contribution in [-0.2, 0) is 0 Å². The van der Waals surface area contributed by atoms with Crippen molar-refractivity contribution in [2.45, 2.75) is 25.8 Å². The van der Waals surface area contributed by atoms with Gasteiger partial charge in [-0.2, -0.15) is 0 Å². The van der Waals surface area contributed by atoms with Gasteiger partial charge in [0.1, 0.15) is 5.75 Å². The lowest BCUT2D eigenvalue weighted by Gasteiger charge is -2.27. The van der Waals surface area contributed by atoms with E-state index in [1.54, 1.807) is 0 Å². The molecule has 2 N–H and O–H groups in total. The molecular weight excluding hydrogens is 314 g/mol. The zero-order valence-corrected chi connectivity index (χ0v) is 14.6. The molecule has 1 saturated heterocycles. The maximum atomic E-state index is 12.2. The zero-order valence-electron chi connectivity index (χ0n) is 14.6. The van der Waals surface area contributed by atoms with Crippen LogP contribution < -0.4 is 20.3 Å². The first-order valence-electron chi connectivity index (χ1n) is 8.85. The maximum Gasteiger partial charge on any atom is 0.319 e. The molecule has 2 aromatic carbocycles. The Morgan fingerprint density at radius 1 is 1.16 bits per heavy atom. The number of urea groups is 1. The van der Waals surface area contributed by atoms with Gasteiger partial charge in [-0.05, 0) is 56.2 Å². The largest absolute Gasteiger partial charge is 0.494 e. The number of anilines is 2. The van der Waals surface area contributed by atoms with Gasteiger partial charge in [0, 0.05) is 30.5 Å². The van der Waals surface area contributed by atoms with Crippen LogP contribution in [0.25, 0.3) is 0 Å². The molecule has 2 aromatic rings. The van der Waals surface area contributed by atoms with Crippen LogP contribution >= 0.6 is 0 Å². The number of amides is 2. The van der Waals surface area contributed by atoms with E-state index in [1.807, 2.05) is 37.3 Å². The Balaban J connectivity index is 1.50. The fourth-order valence-corrected chi connectivity index (χ4v) is 3.19. The molecule has 1 fully saturated rings. The standard InChI is InChI=1S/C20H25N3O2/c1-2-25-19-12-10-16(11-13-19)22-20(24)21-15-18-9-6-14-23(18)17-7-4-3-5-8-17/h3-5,7-8,10-13,18H,2,6,9,14-15H2,1H3,(H2,21,22,24). The molecule has 5 heteroatoms. The lowest BCUT2D eigenvalue weighted by Crippen LogP contribution is -2.41. The lowest BCUT2D eigenvalue weighted by molar-refractivity contribution is 0.251. The lowest BCUT2D eigenvalue weighted by atomic mass is 10.2. The predicted octanol–water partition coefficient (Wildman–Crippen LogP) is 3.88. The van der Waals surface area contributed by atoms with Crippen LogP contribution in [0.5, 0.6) is 5.75 Å².